The van der Waals surface area contributed by atoms with Crippen molar-refractivity contribution in [1.82, 2.24) is 4.90 Å². The molecule has 1 N–H and O–H groups in total. The molecule has 1 aliphatic rings. The molecule has 25 heavy (non-hydrogen) atoms. The van der Waals surface area contributed by atoms with Crippen LogP contribution < -0.4 is 4.72 Å². The Balaban J connectivity index is 1.77. The molecule has 0 spiro atoms. The third-order valence-electron chi connectivity index (χ3n) is 4.93. The summed E-state index contributed by atoms with van der Waals surface area (Å²) in [5, 5.41) is 0. The summed E-state index contributed by atoms with van der Waals surface area (Å²) in [5.41, 5.74) is 1.67. The SMILES string of the molecule is CN(Cc1ccccc1NS(=O)(=O)c1ccccc1)C1CCCCC1. The second-order valence-corrected chi connectivity index (χ2v) is 8.47. The fourth-order valence-electron chi connectivity index (χ4n) is 3.48. The number of rotatable bonds is 6. The van der Waals surface area contributed by atoms with Crippen LogP contribution in [0.5, 0.6) is 0 Å². The average Bonchev–Trinajstić information content (AvgIpc) is 2.64. The number of benzene rings is 2. The number of nitrogens with one attached hydrogen (secondary N) is 1. The lowest BCUT2D eigenvalue weighted by Gasteiger charge is -2.31. The van der Waals surface area contributed by atoms with Gasteiger partial charge in [-0.15, -0.1) is 0 Å². The molecular weight excluding hydrogens is 332 g/mol. The smallest absolute Gasteiger partial charge is 0.261 e. The fourth-order valence-corrected chi connectivity index (χ4v) is 4.60. The maximum absolute atomic E-state index is 12.6. The molecule has 0 aromatic heterocycles. The molecule has 1 saturated carbocycles. The molecule has 0 saturated heterocycles. The molecule has 3 rings (SSSR count). The van der Waals surface area contributed by atoms with E-state index in [1.54, 1.807) is 24.3 Å². The normalized spacial score (nSPS) is 16.1. The first kappa shape index (κ1) is 18.0. The number of hydrogen-bond donors (Lipinski definition) is 1. The Morgan fingerprint density at radius 1 is 0.960 bits per heavy atom. The zero-order valence-electron chi connectivity index (χ0n) is 14.7. The second kappa shape index (κ2) is 8.02. The molecule has 0 unspecified atom stereocenters. The lowest BCUT2D eigenvalue weighted by atomic mass is 9.94. The summed E-state index contributed by atoms with van der Waals surface area (Å²) in [5.74, 6) is 0. The van der Waals surface area contributed by atoms with E-state index in [1.165, 1.54) is 32.1 Å². The Morgan fingerprint density at radius 3 is 2.32 bits per heavy atom. The molecule has 4 nitrogen and oxygen atoms in total. The Morgan fingerprint density at radius 2 is 1.60 bits per heavy atom. The van der Waals surface area contributed by atoms with Crippen LogP contribution in [0.25, 0.3) is 0 Å². The van der Waals surface area contributed by atoms with Gasteiger partial charge in [-0.1, -0.05) is 55.7 Å². The van der Waals surface area contributed by atoms with Gasteiger partial charge in [-0.05, 0) is 43.7 Å². The van der Waals surface area contributed by atoms with Gasteiger partial charge >= 0.3 is 0 Å². The molecule has 0 radical (unpaired) electrons. The Labute approximate surface area is 150 Å². The van der Waals surface area contributed by atoms with Gasteiger partial charge in [0.1, 0.15) is 0 Å². The molecule has 0 bridgehead atoms. The van der Waals surface area contributed by atoms with Crippen LogP contribution in [0.2, 0.25) is 0 Å². The van der Waals surface area contributed by atoms with Gasteiger partial charge in [0.05, 0.1) is 10.6 Å². The second-order valence-electron chi connectivity index (χ2n) is 6.78. The van der Waals surface area contributed by atoms with E-state index in [9.17, 15) is 8.42 Å². The first-order chi connectivity index (χ1) is 12.1. The summed E-state index contributed by atoms with van der Waals surface area (Å²) >= 11 is 0. The van der Waals surface area contributed by atoms with Crippen molar-refractivity contribution in [3.05, 3.63) is 60.2 Å². The quantitative estimate of drug-likeness (QED) is 0.840. The molecule has 2 aromatic rings. The van der Waals surface area contributed by atoms with E-state index < -0.39 is 10.0 Å². The monoisotopic (exact) mass is 358 g/mol. The molecule has 134 valence electrons. The average molecular weight is 359 g/mol. The summed E-state index contributed by atoms with van der Waals surface area (Å²) < 4.78 is 28.0. The van der Waals surface area contributed by atoms with Gasteiger partial charge in [0.15, 0.2) is 0 Å². The highest BCUT2D eigenvalue weighted by Crippen LogP contribution is 2.26. The van der Waals surface area contributed by atoms with Crippen molar-refractivity contribution in [3.63, 3.8) is 0 Å². The minimum atomic E-state index is -3.57. The zero-order valence-corrected chi connectivity index (χ0v) is 15.5. The van der Waals surface area contributed by atoms with Gasteiger partial charge < -0.3 is 0 Å². The van der Waals surface area contributed by atoms with Crippen LogP contribution in [0.3, 0.4) is 0 Å². The van der Waals surface area contributed by atoms with E-state index >= 15 is 0 Å². The van der Waals surface area contributed by atoms with Gasteiger partial charge in [0.2, 0.25) is 0 Å². The molecule has 1 aliphatic carbocycles. The molecule has 1 fully saturated rings. The molecule has 0 amide bonds. The predicted octanol–water partition coefficient (Wildman–Crippen LogP) is 4.25. The third kappa shape index (κ3) is 4.61. The van der Waals surface area contributed by atoms with Crippen LogP contribution in [0.15, 0.2) is 59.5 Å². The van der Waals surface area contributed by atoms with Crippen molar-refractivity contribution < 1.29 is 8.42 Å². The van der Waals surface area contributed by atoms with Crippen LogP contribution in [0.1, 0.15) is 37.7 Å². The summed E-state index contributed by atoms with van der Waals surface area (Å²) in [6.07, 6.45) is 6.37. The van der Waals surface area contributed by atoms with Crippen molar-refractivity contribution in [2.75, 3.05) is 11.8 Å². The van der Waals surface area contributed by atoms with Crippen molar-refractivity contribution in [3.8, 4) is 0 Å². The number of anilines is 1. The minimum Gasteiger partial charge on any atom is -0.299 e. The highest BCUT2D eigenvalue weighted by molar-refractivity contribution is 7.92. The molecule has 0 aliphatic heterocycles. The highest BCUT2D eigenvalue weighted by Gasteiger charge is 2.20. The van der Waals surface area contributed by atoms with E-state index in [2.05, 4.69) is 16.7 Å². The van der Waals surface area contributed by atoms with Crippen molar-refractivity contribution in [2.45, 2.75) is 49.6 Å². The number of nitrogens with zero attached hydrogens (tertiary/aromatic N) is 1. The van der Waals surface area contributed by atoms with Crippen molar-refractivity contribution >= 4 is 15.7 Å². The van der Waals surface area contributed by atoms with Crippen LogP contribution >= 0.6 is 0 Å². The largest absolute Gasteiger partial charge is 0.299 e. The van der Waals surface area contributed by atoms with E-state index in [-0.39, 0.29) is 4.90 Å². The topological polar surface area (TPSA) is 49.4 Å². The van der Waals surface area contributed by atoms with Crippen LogP contribution in [-0.4, -0.2) is 26.4 Å². The van der Waals surface area contributed by atoms with Gasteiger partial charge in [-0.2, -0.15) is 0 Å². The first-order valence-corrected chi connectivity index (χ1v) is 10.4. The molecule has 0 atom stereocenters. The van der Waals surface area contributed by atoms with Crippen molar-refractivity contribution in [2.24, 2.45) is 0 Å². The number of hydrogen-bond acceptors (Lipinski definition) is 3. The predicted molar refractivity (Wildman–Crippen MR) is 102 cm³/mol. The van der Waals surface area contributed by atoms with E-state index in [0.29, 0.717) is 11.7 Å². The lowest BCUT2D eigenvalue weighted by molar-refractivity contribution is 0.185. The highest BCUT2D eigenvalue weighted by atomic mass is 32.2. The van der Waals surface area contributed by atoms with Crippen LogP contribution in [-0.2, 0) is 16.6 Å². The summed E-state index contributed by atoms with van der Waals surface area (Å²) in [4.78, 5) is 2.64. The van der Waals surface area contributed by atoms with Crippen molar-refractivity contribution in [1.29, 1.82) is 0 Å². The molecule has 0 heterocycles. The first-order valence-electron chi connectivity index (χ1n) is 8.92. The maximum atomic E-state index is 12.6. The van der Waals surface area contributed by atoms with Gasteiger partial charge in [-0.3, -0.25) is 9.62 Å². The summed E-state index contributed by atoms with van der Waals surface area (Å²) in [7, 11) is -1.43. The van der Waals surface area contributed by atoms with E-state index in [4.69, 9.17) is 0 Å². The van der Waals surface area contributed by atoms with E-state index in [1.807, 2.05) is 30.3 Å². The van der Waals surface area contributed by atoms with Gasteiger partial charge in [0.25, 0.3) is 10.0 Å². The number of sulfonamides is 1. The third-order valence-corrected chi connectivity index (χ3v) is 6.31. The molecular formula is C20H26N2O2S. The Kier molecular flexibility index (Phi) is 5.76. The van der Waals surface area contributed by atoms with Crippen LogP contribution in [0, 0.1) is 0 Å². The zero-order chi connectivity index (χ0) is 17.7. The summed E-state index contributed by atoms with van der Waals surface area (Å²) in [6, 6.07) is 16.8. The standard InChI is InChI=1S/C20H26N2O2S/c1-22(18-11-4-2-5-12-18)16-17-10-8-9-15-20(17)21-25(23,24)19-13-6-3-7-14-19/h3,6-10,13-15,18,21H,2,4-5,11-12,16H2,1H3. The van der Waals surface area contributed by atoms with Crippen LogP contribution in [0.4, 0.5) is 5.69 Å². The maximum Gasteiger partial charge on any atom is 0.261 e. The molecule has 2 aromatic carbocycles. The summed E-state index contributed by atoms with van der Waals surface area (Å²) in [6.45, 7) is 0.748. The Bertz CT molecular complexity index is 784. The lowest BCUT2D eigenvalue weighted by Crippen LogP contribution is -2.33. The molecule has 5 heteroatoms. The van der Waals surface area contributed by atoms with Gasteiger partial charge in [-0.25, -0.2) is 8.42 Å². The van der Waals surface area contributed by atoms with E-state index in [0.717, 1.165) is 12.1 Å². The van der Waals surface area contributed by atoms with Gasteiger partial charge in [0, 0.05) is 12.6 Å². The minimum absolute atomic E-state index is 0.283. The fraction of sp³-hybridized carbons (Fsp3) is 0.400. The number of para-hydroxylation sites is 1. The Hall–Kier alpha value is -1.85.